The topological polar surface area (TPSA) is 392 Å². The van der Waals surface area contributed by atoms with Crippen LogP contribution in [0.2, 0.25) is 0 Å². The molecule has 0 aliphatic rings. The minimum Gasteiger partial charge on any atom is -0.748 e. The van der Waals surface area contributed by atoms with Crippen LogP contribution in [0.1, 0.15) is 588 Å². The monoisotopic (exact) mass is 2040 g/mol. The Balaban J connectivity index is -0.000000140. The van der Waals surface area contributed by atoms with Crippen molar-refractivity contribution < 1.29 is 209 Å². The van der Waals surface area contributed by atoms with Gasteiger partial charge in [-0.2, -0.15) is 25.3 Å². The van der Waals surface area contributed by atoms with Crippen molar-refractivity contribution in [3.05, 3.63) is 0 Å². The molecule has 0 amide bonds. The molecule has 770 valence electrons. The Bertz CT molecular complexity index is 2400. The SMILES string of the molecule is CCCCCCCCCCCCCCS(=O)(=O)O.CCCCCCCCCCCCCCS(=O)(=O)O.CCCCCCCCCCCCCCS(=O)(=O)O.CCCCCCCCCCCCCCS(=O)(=O)[O-].CCCCCCCCCCCCCCS(=O)(=O)[O-].CCCCCCCCCCCCCCS(=O)(=O)[O-].CCCCCCCCCCCCCCS(=O)(=O)[O-].[Na+].[Na+].[Na+].[Na+]. The van der Waals surface area contributed by atoms with E-state index in [9.17, 15) is 77.1 Å². The van der Waals surface area contributed by atoms with E-state index >= 15 is 0 Å². The predicted molar refractivity (Wildman–Crippen MR) is 535 cm³/mol. The van der Waals surface area contributed by atoms with Crippen molar-refractivity contribution in [2.75, 3.05) is 40.3 Å². The van der Waals surface area contributed by atoms with Crippen molar-refractivity contribution in [1.29, 1.82) is 0 Å². The zero-order valence-corrected chi connectivity index (χ0v) is 101. The van der Waals surface area contributed by atoms with Gasteiger partial charge in [0.1, 0.15) is 0 Å². The van der Waals surface area contributed by atoms with Gasteiger partial charge in [0.15, 0.2) is 0 Å². The number of unbranched alkanes of at least 4 members (excludes halogenated alkanes) is 77. The van der Waals surface area contributed by atoms with Gasteiger partial charge in [0.2, 0.25) is 0 Å². The van der Waals surface area contributed by atoms with Crippen LogP contribution in [0.5, 0.6) is 0 Å². The Morgan fingerprint density at radius 1 is 0.123 bits per heavy atom. The first-order valence-electron chi connectivity index (χ1n) is 52.5. The molecule has 0 aliphatic heterocycles. The van der Waals surface area contributed by atoms with Crippen LogP contribution in [0, 0.1) is 0 Å². The van der Waals surface area contributed by atoms with Gasteiger partial charge in [-0.05, 0) is 44.9 Å². The fourth-order valence-electron chi connectivity index (χ4n) is 14.9. The van der Waals surface area contributed by atoms with Gasteiger partial charge < -0.3 is 18.2 Å². The second kappa shape index (κ2) is 123. The molecule has 0 saturated carbocycles. The second-order valence-corrected chi connectivity index (χ2v) is 46.9. The molecule has 0 aliphatic carbocycles. The maximum atomic E-state index is 10.5. The number of hydrogen-bond acceptors (Lipinski definition) is 18. The van der Waals surface area contributed by atoms with Crippen LogP contribution in [-0.4, -0.2) is 131 Å². The number of rotatable bonds is 91. The molecule has 0 aromatic rings. The van der Waals surface area contributed by atoms with Crippen molar-refractivity contribution in [3.63, 3.8) is 0 Å². The minimum atomic E-state index is -3.99. The first-order valence-corrected chi connectivity index (χ1v) is 63.7. The first-order chi connectivity index (χ1) is 59.9. The Morgan fingerprint density at radius 2 is 0.185 bits per heavy atom. The summed E-state index contributed by atoms with van der Waals surface area (Å²) in [4.78, 5) is 0. The van der Waals surface area contributed by atoms with Gasteiger partial charge in [-0.15, -0.1) is 0 Å². The summed E-state index contributed by atoms with van der Waals surface area (Å²) in [5, 5.41) is 0. The van der Waals surface area contributed by atoms with E-state index in [-0.39, 0.29) is 158 Å². The molecule has 21 nitrogen and oxygen atoms in total. The van der Waals surface area contributed by atoms with Crippen LogP contribution < -0.4 is 118 Å². The molecule has 0 spiro atoms. The van der Waals surface area contributed by atoms with E-state index in [4.69, 9.17) is 13.7 Å². The van der Waals surface area contributed by atoms with Gasteiger partial charge >= 0.3 is 118 Å². The molecule has 0 rings (SSSR count). The summed E-state index contributed by atoms with van der Waals surface area (Å²) in [5.41, 5.74) is 0. The number of hydrogen-bond donors (Lipinski definition) is 3. The van der Waals surface area contributed by atoms with E-state index in [1.54, 1.807) is 0 Å². The van der Waals surface area contributed by atoms with Crippen LogP contribution in [0.4, 0.5) is 0 Å². The van der Waals surface area contributed by atoms with E-state index in [1.165, 1.54) is 405 Å². The largest absolute Gasteiger partial charge is 1.00 e. The second-order valence-electron chi connectivity index (χ2n) is 36.1. The predicted octanol–water partition coefficient (Wildman–Crippen LogP) is 18.7. The average Bonchev–Trinajstić information content (AvgIpc) is 1.02. The average molecular weight is 2040 g/mol. The minimum absolute atomic E-state index is 0. The van der Waals surface area contributed by atoms with Gasteiger partial charge in [-0.1, -0.05) is 543 Å². The smallest absolute Gasteiger partial charge is 0.748 e. The normalized spacial score (nSPS) is 11.5. The van der Waals surface area contributed by atoms with E-state index < -0.39 is 70.8 Å². The molecular weight excluding hydrogens is 1830 g/mol. The Labute approximate surface area is 897 Å². The molecule has 0 heterocycles. The molecule has 0 saturated heterocycles. The summed E-state index contributed by atoms with van der Waals surface area (Å²) >= 11 is 0. The zero-order chi connectivity index (χ0) is 95.8. The molecule has 0 atom stereocenters. The van der Waals surface area contributed by atoms with Crippen molar-refractivity contribution in [1.82, 2.24) is 0 Å². The summed E-state index contributed by atoms with van der Waals surface area (Å²) in [6, 6.07) is 0. The van der Waals surface area contributed by atoms with Crippen LogP contribution in [0.3, 0.4) is 0 Å². The molecule has 0 unspecified atom stereocenters. The van der Waals surface area contributed by atoms with Crippen molar-refractivity contribution in [2.45, 2.75) is 588 Å². The van der Waals surface area contributed by atoms with Crippen LogP contribution in [0.25, 0.3) is 0 Å². The van der Waals surface area contributed by atoms with E-state index in [0.29, 0.717) is 44.9 Å². The Kier molecular flexibility index (Phi) is 147. The molecule has 32 heteroatoms. The first kappa shape index (κ1) is 156. The summed E-state index contributed by atoms with van der Waals surface area (Å²) in [6.45, 7) is 15.7. The van der Waals surface area contributed by atoms with E-state index in [2.05, 4.69) is 48.5 Å². The molecule has 0 bridgehead atoms. The van der Waals surface area contributed by atoms with Crippen molar-refractivity contribution >= 4 is 70.8 Å². The Hall–Kier alpha value is 3.37. The van der Waals surface area contributed by atoms with Gasteiger partial charge in [-0.3, -0.25) is 13.7 Å². The van der Waals surface area contributed by atoms with Gasteiger partial charge in [-0.25, -0.2) is 33.7 Å². The molecule has 0 fully saturated rings. The quantitative estimate of drug-likeness (QED) is 0.0289. The van der Waals surface area contributed by atoms with Crippen LogP contribution >= 0.6 is 0 Å². The molecule has 3 N–H and O–H groups in total. The van der Waals surface area contributed by atoms with Crippen LogP contribution in [0.15, 0.2) is 0 Å². The summed E-state index contributed by atoms with van der Waals surface area (Å²) in [5.74, 6) is -0.997. The third kappa shape index (κ3) is 190. The summed E-state index contributed by atoms with van der Waals surface area (Å²) in [7, 11) is -27.2. The van der Waals surface area contributed by atoms with Gasteiger partial charge in [0.05, 0.1) is 57.7 Å². The Morgan fingerprint density at radius 3 is 0.246 bits per heavy atom. The van der Waals surface area contributed by atoms with Crippen molar-refractivity contribution in [3.8, 4) is 0 Å². The summed E-state index contributed by atoms with van der Waals surface area (Å²) in [6.07, 6.45) is 101. The van der Waals surface area contributed by atoms with E-state index in [0.717, 1.165) is 89.9 Å². The third-order valence-corrected chi connectivity index (χ3v) is 28.3. The third-order valence-electron chi connectivity index (χ3n) is 22.8. The fourth-order valence-corrected chi connectivity index (χ4v) is 18.8. The van der Waals surface area contributed by atoms with E-state index in [1.807, 2.05) is 0 Å². The van der Waals surface area contributed by atoms with Crippen molar-refractivity contribution in [2.24, 2.45) is 0 Å². The molecule has 0 aromatic heterocycles. The van der Waals surface area contributed by atoms with Gasteiger partial charge in [0, 0.05) is 23.0 Å². The maximum absolute atomic E-state index is 10.5. The summed E-state index contributed by atoms with van der Waals surface area (Å²) < 4.78 is 213. The molecule has 0 radical (unpaired) electrons. The zero-order valence-electron chi connectivity index (χ0n) is 86.9. The standard InChI is InChI=1S/7C14H30O3S.4Na/c7*1-2-3-4-5-6-7-8-9-10-11-12-13-14-18(15,16)17;;;;/h7*2-14H2,1H3,(H,15,16,17);;;;/q;;;;;;;4*+1/p-4. The molecule has 0 aromatic carbocycles. The van der Waals surface area contributed by atoms with Gasteiger partial charge in [0.25, 0.3) is 30.4 Å². The molecular formula is C98H206Na4O21S7. The maximum Gasteiger partial charge on any atom is 1.00 e. The molecule has 130 heavy (non-hydrogen) atoms. The van der Waals surface area contributed by atoms with Crippen LogP contribution in [-0.2, 0) is 70.8 Å². The fraction of sp³-hybridized carbons (Fsp3) is 1.00.